The summed E-state index contributed by atoms with van der Waals surface area (Å²) in [5.41, 5.74) is 1.30. The number of aromatic nitrogens is 1. The summed E-state index contributed by atoms with van der Waals surface area (Å²) in [4.78, 5) is 29.1. The van der Waals surface area contributed by atoms with Crippen molar-refractivity contribution < 1.29 is 14.1 Å². The first-order chi connectivity index (χ1) is 15.0. The molecule has 0 spiro atoms. The molecule has 1 aliphatic carbocycles. The van der Waals surface area contributed by atoms with Crippen LogP contribution in [-0.4, -0.2) is 45.4 Å². The van der Waals surface area contributed by atoms with Crippen LogP contribution in [0.15, 0.2) is 30.3 Å². The highest BCUT2D eigenvalue weighted by Gasteiger charge is 2.28. The number of fused-ring (bicyclic) bond motifs is 1. The maximum Gasteiger partial charge on any atom is 0.268 e. The quantitative estimate of drug-likeness (QED) is 0.412. The van der Waals surface area contributed by atoms with E-state index in [1.54, 1.807) is 12.3 Å². The third-order valence-electron chi connectivity index (χ3n) is 5.90. The van der Waals surface area contributed by atoms with E-state index >= 15 is 0 Å². The Balaban J connectivity index is 1.70. The van der Waals surface area contributed by atoms with Crippen LogP contribution < -0.4 is 10.6 Å². The molecule has 0 saturated heterocycles. The van der Waals surface area contributed by atoms with Gasteiger partial charge < -0.3 is 20.2 Å². The van der Waals surface area contributed by atoms with Crippen molar-refractivity contribution in [3.05, 3.63) is 36.0 Å². The fourth-order valence-electron chi connectivity index (χ4n) is 4.17. The Morgan fingerprint density at radius 1 is 1.26 bits per heavy atom. The molecule has 3 rings (SSSR count). The van der Waals surface area contributed by atoms with Gasteiger partial charge in [-0.25, -0.2) is 0 Å². The minimum atomic E-state index is -0.982. The molecule has 0 bridgehead atoms. The van der Waals surface area contributed by atoms with Crippen molar-refractivity contribution in [1.82, 2.24) is 15.6 Å². The number of carbonyl (C=O) groups excluding carboxylic acids is 2. The second-order valence-electron chi connectivity index (χ2n) is 8.33. The lowest BCUT2D eigenvalue weighted by molar-refractivity contribution is -0.123. The number of benzene rings is 1. The fourth-order valence-corrected chi connectivity index (χ4v) is 4.74. The van der Waals surface area contributed by atoms with Crippen LogP contribution in [-0.2, 0) is 16.0 Å². The number of rotatable bonds is 9. The number of hydrogen-bond donors (Lipinski definition) is 3. The molecule has 31 heavy (non-hydrogen) atoms. The van der Waals surface area contributed by atoms with E-state index in [9.17, 15) is 14.1 Å². The number of carbonyl (C=O) groups is 2. The van der Waals surface area contributed by atoms with E-state index < -0.39 is 23.3 Å². The summed E-state index contributed by atoms with van der Waals surface area (Å²) in [6.07, 6.45) is 13.9. The number of nitrogens with one attached hydrogen (secondary N) is 3. The molecular formula is C24H31N3O3S. The molecule has 7 heteroatoms. The van der Waals surface area contributed by atoms with Gasteiger partial charge in [0.2, 0.25) is 5.91 Å². The van der Waals surface area contributed by atoms with Crippen molar-refractivity contribution >= 4 is 33.9 Å². The second kappa shape index (κ2) is 11.3. The number of para-hydroxylation sites is 1. The molecule has 1 fully saturated rings. The number of aromatic amines is 1. The Kier molecular flexibility index (Phi) is 8.44. The van der Waals surface area contributed by atoms with Gasteiger partial charge in [0.15, 0.2) is 0 Å². The third-order valence-corrected chi connectivity index (χ3v) is 6.71. The predicted molar refractivity (Wildman–Crippen MR) is 125 cm³/mol. The predicted octanol–water partition coefficient (Wildman–Crippen LogP) is 3.12. The molecule has 2 amide bonds. The molecule has 0 aliphatic heterocycles. The maximum atomic E-state index is 13.1. The van der Waals surface area contributed by atoms with Crippen LogP contribution in [0.4, 0.5) is 0 Å². The van der Waals surface area contributed by atoms with E-state index in [0.717, 1.165) is 36.6 Å². The van der Waals surface area contributed by atoms with E-state index in [4.69, 9.17) is 6.42 Å². The second-order valence-corrected chi connectivity index (χ2v) is 9.88. The van der Waals surface area contributed by atoms with Gasteiger partial charge in [-0.15, -0.1) is 6.42 Å². The summed E-state index contributed by atoms with van der Waals surface area (Å²) in [5.74, 6) is 2.80. The van der Waals surface area contributed by atoms with E-state index in [1.807, 2.05) is 24.3 Å². The van der Waals surface area contributed by atoms with Gasteiger partial charge in [-0.1, -0.05) is 67.4 Å². The molecule has 1 aromatic heterocycles. The zero-order valence-electron chi connectivity index (χ0n) is 18.0. The molecule has 1 aromatic carbocycles. The van der Waals surface area contributed by atoms with Gasteiger partial charge in [0, 0.05) is 17.3 Å². The Labute approximate surface area is 187 Å². The number of amides is 2. The van der Waals surface area contributed by atoms with Crippen molar-refractivity contribution in [1.29, 1.82) is 0 Å². The molecule has 1 saturated carbocycles. The standard InChI is InChI=1S/C24H31N3O3S/c1-3-19(13-14-31(2)30)25-23(28)21(15-17-9-5-4-6-10-17)27-24(29)22-16-18-11-7-8-12-20(18)26-22/h1,7-8,11-12,16-17,19,21,26H,4-6,9-10,13-15H2,2H3,(H,25,28)(H,27,29)/t19-,21+,31?/m1/s1. The van der Waals surface area contributed by atoms with Gasteiger partial charge in [-0.3, -0.25) is 9.59 Å². The number of terminal acetylenes is 1. The highest BCUT2D eigenvalue weighted by molar-refractivity contribution is 7.90. The molecule has 1 heterocycles. The molecule has 2 aromatic rings. The molecule has 3 atom stereocenters. The summed E-state index contributed by atoms with van der Waals surface area (Å²) in [5, 5.41) is 6.73. The minimum Gasteiger partial charge on any atom is -0.617 e. The fraction of sp³-hybridized carbons (Fsp3) is 0.500. The first-order valence-corrected chi connectivity index (χ1v) is 12.6. The molecule has 3 N–H and O–H groups in total. The Hall–Kier alpha value is -2.43. The first-order valence-electron chi connectivity index (χ1n) is 10.9. The Morgan fingerprint density at radius 3 is 2.68 bits per heavy atom. The zero-order valence-corrected chi connectivity index (χ0v) is 18.8. The lowest BCUT2D eigenvalue weighted by Crippen LogP contribution is -2.50. The average Bonchev–Trinajstić information content (AvgIpc) is 3.21. The monoisotopic (exact) mass is 441 g/mol. The van der Waals surface area contributed by atoms with Gasteiger partial charge in [0.1, 0.15) is 17.5 Å². The average molecular weight is 442 g/mol. The lowest BCUT2D eigenvalue weighted by Gasteiger charge is -2.27. The molecule has 1 unspecified atom stereocenters. The van der Waals surface area contributed by atoms with Crippen molar-refractivity contribution in [2.75, 3.05) is 12.0 Å². The van der Waals surface area contributed by atoms with Crippen LogP contribution in [0, 0.1) is 18.3 Å². The third kappa shape index (κ3) is 6.78. The summed E-state index contributed by atoms with van der Waals surface area (Å²) >= 11 is -0.982. The molecule has 0 radical (unpaired) electrons. The number of hydrogen-bond acceptors (Lipinski definition) is 3. The van der Waals surface area contributed by atoms with Crippen molar-refractivity contribution in [2.45, 2.75) is 57.0 Å². The Morgan fingerprint density at radius 2 is 2.00 bits per heavy atom. The number of H-pyrrole nitrogens is 1. The van der Waals surface area contributed by atoms with Gasteiger partial charge in [-0.2, -0.15) is 0 Å². The smallest absolute Gasteiger partial charge is 0.268 e. The molecule has 166 valence electrons. The van der Waals surface area contributed by atoms with Crippen LogP contribution in [0.2, 0.25) is 0 Å². The van der Waals surface area contributed by atoms with Gasteiger partial charge >= 0.3 is 0 Å². The van der Waals surface area contributed by atoms with E-state index in [0.29, 0.717) is 30.2 Å². The molecule has 6 nitrogen and oxygen atoms in total. The SMILES string of the molecule is C#C[C@H](CC[S+](C)[O-])NC(=O)[C@H](CC1CCCCC1)NC(=O)c1cc2ccccc2[nH]1. The Bertz CT molecular complexity index is 895. The van der Waals surface area contributed by atoms with Crippen molar-refractivity contribution in [3.8, 4) is 12.3 Å². The van der Waals surface area contributed by atoms with Gasteiger partial charge in [-0.05, 0) is 24.5 Å². The summed E-state index contributed by atoms with van der Waals surface area (Å²) in [6.45, 7) is 0. The van der Waals surface area contributed by atoms with Crippen molar-refractivity contribution in [2.24, 2.45) is 5.92 Å². The normalized spacial score (nSPS) is 17.5. The van der Waals surface area contributed by atoms with E-state index in [2.05, 4.69) is 21.5 Å². The van der Waals surface area contributed by atoms with E-state index in [-0.39, 0.29) is 11.8 Å². The zero-order chi connectivity index (χ0) is 22.2. The molecular weight excluding hydrogens is 410 g/mol. The van der Waals surface area contributed by atoms with E-state index in [1.165, 1.54) is 6.42 Å². The van der Waals surface area contributed by atoms with Gasteiger partial charge in [0.05, 0.1) is 12.3 Å². The highest BCUT2D eigenvalue weighted by atomic mass is 32.2. The summed E-state index contributed by atoms with van der Waals surface area (Å²) in [7, 11) is 0. The summed E-state index contributed by atoms with van der Waals surface area (Å²) in [6, 6.07) is 8.29. The van der Waals surface area contributed by atoms with Crippen LogP contribution in [0.25, 0.3) is 10.9 Å². The van der Waals surface area contributed by atoms with Crippen LogP contribution in [0.1, 0.15) is 55.4 Å². The van der Waals surface area contributed by atoms with Gasteiger partial charge in [0.25, 0.3) is 5.91 Å². The van der Waals surface area contributed by atoms with Crippen LogP contribution in [0.5, 0.6) is 0 Å². The minimum absolute atomic E-state index is 0.278. The largest absolute Gasteiger partial charge is 0.617 e. The molecule has 1 aliphatic rings. The maximum absolute atomic E-state index is 13.1. The van der Waals surface area contributed by atoms with Crippen molar-refractivity contribution in [3.63, 3.8) is 0 Å². The first kappa shape index (κ1) is 23.2. The highest BCUT2D eigenvalue weighted by Crippen LogP contribution is 2.27. The lowest BCUT2D eigenvalue weighted by atomic mass is 9.84. The van der Waals surface area contributed by atoms with Crippen LogP contribution in [0.3, 0.4) is 0 Å². The summed E-state index contributed by atoms with van der Waals surface area (Å²) < 4.78 is 11.4. The van der Waals surface area contributed by atoms with Crippen LogP contribution >= 0.6 is 0 Å². The topological polar surface area (TPSA) is 97.0 Å².